The molecule has 0 amide bonds. The fraction of sp³-hybridized carbons (Fsp3) is 0.400. The van der Waals surface area contributed by atoms with Crippen LogP contribution < -0.4 is 0 Å². The molecule has 1 rings (SSSR count). The normalized spacial score (nSPS) is 11.1. The highest BCUT2D eigenvalue weighted by molar-refractivity contribution is 4.90. The van der Waals surface area contributed by atoms with E-state index < -0.39 is 0 Å². The lowest BCUT2D eigenvalue weighted by atomic mass is 10.3. The van der Waals surface area contributed by atoms with Crippen molar-refractivity contribution in [2.45, 2.75) is 19.4 Å². The molecule has 0 aromatic carbocycles. The highest BCUT2D eigenvalue weighted by atomic mass is 16.2. The third-order valence-electron chi connectivity index (χ3n) is 1.73. The summed E-state index contributed by atoms with van der Waals surface area (Å²) in [6, 6.07) is 4.06. The number of aromatic nitrogens is 1. The number of hydrogen-bond acceptors (Lipinski definition) is 1. The van der Waals surface area contributed by atoms with Crippen molar-refractivity contribution in [1.82, 2.24) is 4.57 Å². The summed E-state index contributed by atoms with van der Waals surface area (Å²) in [7, 11) is 0. The molecule has 0 fully saturated rings. The zero-order valence-corrected chi connectivity index (χ0v) is 7.19. The molecule has 1 heterocycles. The van der Waals surface area contributed by atoms with Gasteiger partial charge in [0.1, 0.15) is 0 Å². The molecule has 0 saturated carbocycles. The van der Waals surface area contributed by atoms with E-state index in [4.69, 9.17) is 5.11 Å². The number of allylic oxidation sites excluding steroid dienone is 1. The molecule has 0 bridgehead atoms. The number of rotatable bonds is 5. The van der Waals surface area contributed by atoms with Crippen LogP contribution in [0.4, 0.5) is 0 Å². The van der Waals surface area contributed by atoms with Crippen LogP contribution in [-0.2, 0) is 6.54 Å². The Morgan fingerprint density at radius 1 is 1.17 bits per heavy atom. The predicted molar refractivity (Wildman–Crippen MR) is 49.9 cm³/mol. The Bertz CT molecular complexity index is 214. The van der Waals surface area contributed by atoms with Crippen molar-refractivity contribution in [3.8, 4) is 0 Å². The van der Waals surface area contributed by atoms with E-state index in [1.54, 1.807) is 6.08 Å². The number of aliphatic hydroxyl groups excluding tert-OH is 1. The second-order valence-electron chi connectivity index (χ2n) is 2.72. The summed E-state index contributed by atoms with van der Waals surface area (Å²) in [5.41, 5.74) is 0. The van der Waals surface area contributed by atoms with E-state index in [0.717, 1.165) is 19.4 Å². The summed E-state index contributed by atoms with van der Waals surface area (Å²) < 4.78 is 2.16. The largest absolute Gasteiger partial charge is 0.392 e. The van der Waals surface area contributed by atoms with Crippen LogP contribution in [0.3, 0.4) is 0 Å². The van der Waals surface area contributed by atoms with Crippen molar-refractivity contribution in [2.75, 3.05) is 6.61 Å². The van der Waals surface area contributed by atoms with Crippen LogP contribution in [0, 0.1) is 0 Å². The fourth-order valence-corrected chi connectivity index (χ4v) is 1.10. The smallest absolute Gasteiger partial charge is 0.0612 e. The van der Waals surface area contributed by atoms with Gasteiger partial charge in [-0.1, -0.05) is 12.2 Å². The van der Waals surface area contributed by atoms with E-state index >= 15 is 0 Å². The van der Waals surface area contributed by atoms with E-state index in [-0.39, 0.29) is 6.61 Å². The van der Waals surface area contributed by atoms with Gasteiger partial charge in [0.15, 0.2) is 0 Å². The van der Waals surface area contributed by atoms with Crippen molar-refractivity contribution in [3.05, 3.63) is 36.7 Å². The molecular formula is C10H15NO. The number of aryl methyl sites for hydroxylation is 1. The van der Waals surface area contributed by atoms with Gasteiger partial charge >= 0.3 is 0 Å². The number of hydrogen-bond donors (Lipinski definition) is 1. The molecule has 0 aliphatic heterocycles. The van der Waals surface area contributed by atoms with E-state index in [1.807, 2.05) is 18.2 Å². The lowest BCUT2D eigenvalue weighted by Crippen LogP contribution is -1.92. The molecule has 66 valence electrons. The number of aliphatic hydroxyl groups is 1. The highest BCUT2D eigenvalue weighted by Crippen LogP contribution is 1.97. The van der Waals surface area contributed by atoms with E-state index in [0.29, 0.717) is 0 Å². The summed E-state index contributed by atoms with van der Waals surface area (Å²) in [5, 5.41) is 8.46. The van der Waals surface area contributed by atoms with Crippen LogP contribution in [0.25, 0.3) is 0 Å². The minimum absolute atomic E-state index is 0.156. The maximum Gasteiger partial charge on any atom is 0.0612 e. The number of unbranched alkanes of at least 4 members (excludes halogenated alkanes) is 1. The molecule has 0 aliphatic carbocycles. The molecule has 1 N–H and O–H groups in total. The molecule has 0 radical (unpaired) electrons. The Kier molecular flexibility index (Phi) is 4.24. The van der Waals surface area contributed by atoms with E-state index in [1.165, 1.54) is 0 Å². The quantitative estimate of drug-likeness (QED) is 0.522. The summed E-state index contributed by atoms with van der Waals surface area (Å²) in [4.78, 5) is 0. The lowest BCUT2D eigenvalue weighted by Gasteiger charge is -1.98. The predicted octanol–water partition coefficient (Wildman–Crippen LogP) is 1.82. The topological polar surface area (TPSA) is 25.2 Å². The minimum Gasteiger partial charge on any atom is -0.392 e. The monoisotopic (exact) mass is 165 g/mol. The van der Waals surface area contributed by atoms with Crippen molar-refractivity contribution in [2.24, 2.45) is 0 Å². The van der Waals surface area contributed by atoms with Crippen LogP contribution >= 0.6 is 0 Å². The number of nitrogens with zero attached hydrogens (tertiary/aromatic N) is 1. The SMILES string of the molecule is OC/C=C\CCCn1cccc1. The summed E-state index contributed by atoms with van der Waals surface area (Å²) >= 11 is 0. The first kappa shape index (κ1) is 9.07. The maximum atomic E-state index is 8.46. The molecule has 0 atom stereocenters. The molecular weight excluding hydrogens is 150 g/mol. The summed E-state index contributed by atoms with van der Waals surface area (Å²) in [5.74, 6) is 0. The molecule has 0 spiro atoms. The van der Waals surface area contributed by atoms with Gasteiger partial charge in [0, 0.05) is 18.9 Å². The van der Waals surface area contributed by atoms with Crippen LogP contribution in [0.1, 0.15) is 12.8 Å². The molecule has 12 heavy (non-hydrogen) atoms. The Morgan fingerprint density at radius 3 is 2.58 bits per heavy atom. The fourth-order valence-electron chi connectivity index (χ4n) is 1.10. The highest BCUT2D eigenvalue weighted by Gasteiger charge is 1.86. The van der Waals surface area contributed by atoms with Gasteiger partial charge in [-0.15, -0.1) is 0 Å². The van der Waals surface area contributed by atoms with Crippen LogP contribution in [0.2, 0.25) is 0 Å². The molecule has 1 aromatic heterocycles. The van der Waals surface area contributed by atoms with Gasteiger partial charge in [0.25, 0.3) is 0 Å². The van der Waals surface area contributed by atoms with Crippen LogP contribution in [-0.4, -0.2) is 16.3 Å². The average Bonchev–Trinajstić information content (AvgIpc) is 2.57. The molecule has 2 nitrogen and oxygen atoms in total. The maximum absolute atomic E-state index is 8.46. The Morgan fingerprint density at radius 2 is 1.92 bits per heavy atom. The first-order valence-corrected chi connectivity index (χ1v) is 4.30. The van der Waals surface area contributed by atoms with Gasteiger partial charge in [-0.25, -0.2) is 0 Å². The van der Waals surface area contributed by atoms with Crippen LogP contribution in [0.5, 0.6) is 0 Å². The average molecular weight is 165 g/mol. The van der Waals surface area contributed by atoms with E-state index in [2.05, 4.69) is 17.0 Å². The van der Waals surface area contributed by atoms with Crippen molar-refractivity contribution in [3.63, 3.8) is 0 Å². The minimum atomic E-state index is 0.156. The van der Waals surface area contributed by atoms with Gasteiger partial charge in [0.2, 0.25) is 0 Å². The van der Waals surface area contributed by atoms with Gasteiger partial charge < -0.3 is 9.67 Å². The second kappa shape index (κ2) is 5.61. The second-order valence-corrected chi connectivity index (χ2v) is 2.72. The summed E-state index contributed by atoms with van der Waals surface area (Å²) in [6.07, 6.45) is 10.1. The van der Waals surface area contributed by atoms with Crippen LogP contribution in [0.15, 0.2) is 36.7 Å². The molecule has 0 unspecified atom stereocenters. The zero-order valence-electron chi connectivity index (χ0n) is 7.19. The third kappa shape index (κ3) is 3.39. The van der Waals surface area contributed by atoms with Gasteiger partial charge in [-0.3, -0.25) is 0 Å². The first-order chi connectivity index (χ1) is 5.93. The Balaban J connectivity index is 2.07. The van der Waals surface area contributed by atoms with Crippen molar-refractivity contribution in [1.29, 1.82) is 0 Å². The molecule has 0 saturated heterocycles. The Hall–Kier alpha value is -1.02. The van der Waals surface area contributed by atoms with Gasteiger partial charge in [-0.05, 0) is 25.0 Å². The Labute approximate surface area is 73.1 Å². The zero-order chi connectivity index (χ0) is 8.65. The summed E-state index contributed by atoms with van der Waals surface area (Å²) in [6.45, 7) is 1.21. The third-order valence-corrected chi connectivity index (χ3v) is 1.73. The van der Waals surface area contributed by atoms with E-state index in [9.17, 15) is 0 Å². The van der Waals surface area contributed by atoms with Crippen molar-refractivity contribution >= 4 is 0 Å². The van der Waals surface area contributed by atoms with Crippen molar-refractivity contribution < 1.29 is 5.11 Å². The molecule has 0 aliphatic rings. The first-order valence-electron chi connectivity index (χ1n) is 4.30. The molecule has 2 heteroatoms. The lowest BCUT2D eigenvalue weighted by molar-refractivity contribution is 0.342. The van der Waals surface area contributed by atoms with Gasteiger partial charge in [-0.2, -0.15) is 0 Å². The van der Waals surface area contributed by atoms with Gasteiger partial charge in [0.05, 0.1) is 6.61 Å². The standard InChI is InChI=1S/C10H15NO/c12-10-6-2-1-3-7-11-8-4-5-9-11/h2,4-6,8-9,12H,1,3,7,10H2/b6-2-. The molecule has 1 aromatic rings.